The summed E-state index contributed by atoms with van der Waals surface area (Å²) < 4.78 is 0. The van der Waals surface area contributed by atoms with Gasteiger partial charge in [-0.1, -0.05) is 6.07 Å². The first kappa shape index (κ1) is 10.5. The maximum absolute atomic E-state index is 4.26. The molecule has 0 saturated heterocycles. The zero-order valence-corrected chi connectivity index (χ0v) is 9.44. The van der Waals surface area contributed by atoms with Gasteiger partial charge < -0.3 is 5.32 Å². The van der Waals surface area contributed by atoms with Crippen LogP contribution in [0.2, 0.25) is 0 Å². The molecule has 2 rings (SSSR count). The molecule has 0 aromatic carbocycles. The van der Waals surface area contributed by atoms with Crippen molar-refractivity contribution in [2.24, 2.45) is 0 Å². The third-order valence-electron chi connectivity index (χ3n) is 2.22. The molecule has 0 saturated carbocycles. The predicted octanol–water partition coefficient (Wildman–Crippen LogP) is 2.10. The predicted molar refractivity (Wildman–Crippen MR) is 63.1 cm³/mol. The SMILES string of the molecule is Cc1ccc(CNc2nccc(C)n2)cn1. The molecular weight excluding hydrogens is 200 g/mol. The van der Waals surface area contributed by atoms with Gasteiger partial charge in [-0.25, -0.2) is 9.97 Å². The van der Waals surface area contributed by atoms with Crippen LogP contribution in [0.4, 0.5) is 5.95 Å². The van der Waals surface area contributed by atoms with Crippen molar-refractivity contribution >= 4 is 5.95 Å². The van der Waals surface area contributed by atoms with Gasteiger partial charge in [-0.3, -0.25) is 4.98 Å². The smallest absolute Gasteiger partial charge is 0.223 e. The number of aryl methyl sites for hydroxylation is 2. The molecule has 0 aliphatic carbocycles. The average molecular weight is 214 g/mol. The van der Waals surface area contributed by atoms with E-state index in [1.807, 2.05) is 38.2 Å². The van der Waals surface area contributed by atoms with Crippen molar-refractivity contribution in [1.29, 1.82) is 0 Å². The Hall–Kier alpha value is -1.97. The largest absolute Gasteiger partial charge is 0.350 e. The second-order valence-electron chi connectivity index (χ2n) is 3.68. The first-order valence-corrected chi connectivity index (χ1v) is 5.19. The summed E-state index contributed by atoms with van der Waals surface area (Å²) in [5.74, 6) is 0.653. The fourth-order valence-corrected chi connectivity index (χ4v) is 1.32. The van der Waals surface area contributed by atoms with Crippen LogP contribution in [-0.4, -0.2) is 15.0 Å². The third kappa shape index (κ3) is 2.76. The fraction of sp³-hybridized carbons (Fsp3) is 0.250. The van der Waals surface area contributed by atoms with Crippen LogP contribution in [-0.2, 0) is 6.54 Å². The van der Waals surface area contributed by atoms with Gasteiger partial charge in [0.05, 0.1) is 0 Å². The Bertz CT molecular complexity index is 465. The summed E-state index contributed by atoms with van der Waals surface area (Å²) in [5.41, 5.74) is 3.10. The molecule has 4 nitrogen and oxygen atoms in total. The molecular formula is C12H14N4. The van der Waals surface area contributed by atoms with Crippen LogP contribution in [0.1, 0.15) is 17.0 Å². The number of nitrogens with one attached hydrogen (secondary N) is 1. The molecule has 0 unspecified atom stereocenters. The minimum Gasteiger partial charge on any atom is -0.350 e. The lowest BCUT2D eigenvalue weighted by atomic mass is 10.2. The second kappa shape index (κ2) is 4.70. The minimum atomic E-state index is 0.653. The zero-order valence-electron chi connectivity index (χ0n) is 9.44. The molecule has 0 spiro atoms. The Labute approximate surface area is 94.8 Å². The highest BCUT2D eigenvalue weighted by atomic mass is 15.1. The van der Waals surface area contributed by atoms with E-state index in [4.69, 9.17) is 0 Å². The number of nitrogens with zero attached hydrogens (tertiary/aromatic N) is 3. The van der Waals surface area contributed by atoms with Crippen molar-refractivity contribution in [1.82, 2.24) is 15.0 Å². The van der Waals surface area contributed by atoms with Crippen LogP contribution in [0.5, 0.6) is 0 Å². The van der Waals surface area contributed by atoms with Gasteiger partial charge in [0.15, 0.2) is 0 Å². The Morgan fingerprint density at radius 2 is 1.94 bits per heavy atom. The van der Waals surface area contributed by atoms with Gasteiger partial charge in [0.1, 0.15) is 0 Å². The molecule has 2 aromatic rings. The normalized spacial score (nSPS) is 10.1. The number of aromatic nitrogens is 3. The van der Waals surface area contributed by atoms with E-state index in [0.717, 1.165) is 17.0 Å². The Balaban J connectivity index is 1.99. The van der Waals surface area contributed by atoms with E-state index < -0.39 is 0 Å². The van der Waals surface area contributed by atoms with E-state index in [0.29, 0.717) is 12.5 Å². The summed E-state index contributed by atoms with van der Waals surface area (Å²) in [4.78, 5) is 12.6. The molecule has 2 heterocycles. The molecule has 1 N–H and O–H groups in total. The van der Waals surface area contributed by atoms with E-state index in [-0.39, 0.29) is 0 Å². The molecule has 0 radical (unpaired) electrons. The molecule has 0 fully saturated rings. The first-order valence-electron chi connectivity index (χ1n) is 5.19. The average Bonchev–Trinajstić information content (AvgIpc) is 2.28. The van der Waals surface area contributed by atoms with Crippen molar-refractivity contribution < 1.29 is 0 Å². The van der Waals surface area contributed by atoms with Crippen molar-refractivity contribution in [3.8, 4) is 0 Å². The van der Waals surface area contributed by atoms with Gasteiger partial charge in [-0.05, 0) is 31.5 Å². The molecule has 82 valence electrons. The van der Waals surface area contributed by atoms with Gasteiger partial charge in [-0.15, -0.1) is 0 Å². The summed E-state index contributed by atoms with van der Waals surface area (Å²) in [7, 11) is 0. The number of pyridine rings is 1. The van der Waals surface area contributed by atoms with Gasteiger partial charge >= 0.3 is 0 Å². The molecule has 4 heteroatoms. The van der Waals surface area contributed by atoms with Gasteiger partial charge in [0, 0.05) is 30.3 Å². The zero-order chi connectivity index (χ0) is 11.4. The molecule has 0 aliphatic rings. The molecule has 0 atom stereocenters. The van der Waals surface area contributed by atoms with E-state index in [9.17, 15) is 0 Å². The van der Waals surface area contributed by atoms with Crippen molar-refractivity contribution in [3.05, 3.63) is 47.5 Å². The minimum absolute atomic E-state index is 0.653. The summed E-state index contributed by atoms with van der Waals surface area (Å²) >= 11 is 0. The Morgan fingerprint density at radius 3 is 2.62 bits per heavy atom. The summed E-state index contributed by atoms with van der Waals surface area (Å²) in [6, 6.07) is 5.91. The fourth-order valence-electron chi connectivity index (χ4n) is 1.32. The summed E-state index contributed by atoms with van der Waals surface area (Å²) in [6.07, 6.45) is 3.61. The van der Waals surface area contributed by atoms with Gasteiger partial charge in [-0.2, -0.15) is 0 Å². The van der Waals surface area contributed by atoms with Crippen LogP contribution in [0.3, 0.4) is 0 Å². The maximum Gasteiger partial charge on any atom is 0.223 e. The van der Waals surface area contributed by atoms with Crippen molar-refractivity contribution in [2.75, 3.05) is 5.32 Å². The van der Waals surface area contributed by atoms with Crippen molar-refractivity contribution in [2.45, 2.75) is 20.4 Å². The van der Waals surface area contributed by atoms with Gasteiger partial charge in [0.25, 0.3) is 0 Å². The third-order valence-corrected chi connectivity index (χ3v) is 2.22. The molecule has 0 aliphatic heterocycles. The van der Waals surface area contributed by atoms with Crippen LogP contribution >= 0.6 is 0 Å². The number of hydrogen-bond acceptors (Lipinski definition) is 4. The molecule has 0 bridgehead atoms. The first-order chi connectivity index (χ1) is 7.74. The lowest BCUT2D eigenvalue weighted by molar-refractivity contribution is 1.01. The topological polar surface area (TPSA) is 50.7 Å². The molecule has 0 amide bonds. The summed E-state index contributed by atoms with van der Waals surface area (Å²) in [5, 5.41) is 3.16. The van der Waals surface area contributed by atoms with Crippen LogP contribution < -0.4 is 5.32 Å². The van der Waals surface area contributed by atoms with E-state index in [1.54, 1.807) is 6.20 Å². The number of rotatable bonds is 3. The van der Waals surface area contributed by atoms with E-state index >= 15 is 0 Å². The highest BCUT2D eigenvalue weighted by Crippen LogP contribution is 2.04. The van der Waals surface area contributed by atoms with Gasteiger partial charge in [0.2, 0.25) is 5.95 Å². The van der Waals surface area contributed by atoms with Crippen molar-refractivity contribution in [3.63, 3.8) is 0 Å². The van der Waals surface area contributed by atoms with E-state index in [2.05, 4.69) is 20.3 Å². The monoisotopic (exact) mass is 214 g/mol. The standard InChI is InChI=1S/C12H14N4/c1-9-3-4-11(7-14-9)8-15-12-13-6-5-10(2)16-12/h3-7H,8H2,1-2H3,(H,13,15,16). The Kier molecular flexibility index (Phi) is 3.10. The lowest BCUT2D eigenvalue weighted by Gasteiger charge is -2.04. The molecule has 2 aromatic heterocycles. The number of anilines is 1. The second-order valence-corrected chi connectivity index (χ2v) is 3.68. The number of hydrogen-bond donors (Lipinski definition) is 1. The summed E-state index contributed by atoms with van der Waals surface area (Å²) in [6.45, 7) is 4.61. The van der Waals surface area contributed by atoms with E-state index in [1.165, 1.54) is 0 Å². The van der Waals surface area contributed by atoms with Crippen LogP contribution in [0, 0.1) is 13.8 Å². The van der Waals surface area contributed by atoms with Crippen LogP contribution in [0.25, 0.3) is 0 Å². The Morgan fingerprint density at radius 1 is 1.06 bits per heavy atom. The highest BCUT2D eigenvalue weighted by molar-refractivity contribution is 5.27. The maximum atomic E-state index is 4.26. The quantitative estimate of drug-likeness (QED) is 0.850. The van der Waals surface area contributed by atoms with Crippen LogP contribution in [0.15, 0.2) is 30.6 Å². The highest BCUT2D eigenvalue weighted by Gasteiger charge is 1.97. The molecule has 16 heavy (non-hydrogen) atoms. The lowest BCUT2D eigenvalue weighted by Crippen LogP contribution is -2.04.